The summed E-state index contributed by atoms with van der Waals surface area (Å²) >= 11 is 0. The molecular weight excluding hydrogens is 452 g/mol. The number of primary amides is 1. The normalized spacial score (nSPS) is 13.1. The van der Waals surface area contributed by atoms with Crippen LogP contribution in [0.5, 0.6) is 0 Å². The number of hydrogen-bond acceptors (Lipinski definition) is 8. The van der Waals surface area contributed by atoms with E-state index in [1.54, 1.807) is 0 Å². The average Bonchev–Trinajstić information content (AvgIpc) is 3.25. The van der Waals surface area contributed by atoms with Crippen LogP contribution in [0.3, 0.4) is 0 Å². The van der Waals surface area contributed by atoms with Crippen molar-refractivity contribution in [2.45, 2.75) is 43.8 Å². The standard InChI is InChI=1S/C18H30N10O6/c19-10(4-9-6-23-8-26-9)15(31)28-11(2-1-3-24-18(21)22)16(32)25-7-14(30)27-12(17(33)34)5-13(20)29/h6,8,10-12H,1-5,7,19H2,(H2,20,29)(H,23,26)(H,25,32)(H,27,30)(H,28,31)(H,33,34)(H4,21,22,24). The van der Waals surface area contributed by atoms with Gasteiger partial charge in [-0.05, 0) is 12.8 Å². The Morgan fingerprint density at radius 1 is 1.09 bits per heavy atom. The van der Waals surface area contributed by atoms with Crippen LogP contribution in [0.4, 0.5) is 0 Å². The lowest BCUT2D eigenvalue weighted by Gasteiger charge is -2.20. The Labute approximate surface area is 194 Å². The number of aliphatic imine (C=N–C) groups is 1. The van der Waals surface area contributed by atoms with Gasteiger partial charge in [0.05, 0.1) is 25.3 Å². The highest BCUT2D eigenvalue weighted by molar-refractivity contribution is 5.93. The molecule has 188 valence electrons. The van der Waals surface area contributed by atoms with Crippen molar-refractivity contribution in [1.29, 1.82) is 0 Å². The SMILES string of the molecule is NC(=O)CC(NC(=O)CNC(=O)C(CCCN=C(N)N)NC(=O)C(N)Cc1cnc[nH]1)C(=O)O. The first-order valence-electron chi connectivity index (χ1n) is 10.2. The fraction of sp³-hybridized carbons (Fsp3) is 0.500. The van der Waals surface area contributed by atoms with Crippen LogP contribution in [-0.2, 0) is 30.4 Å². The molecular formula is C18H30N10O6. The van der Waals surface area contributed by atoms with E-state index < -0.39 is 60.7 Å². The molecule has 0 bridgehead atoms. The summed E-state index contributed by atoms with van der Waals surface area (Å²) in [7, 11) is 0. The van der Waals surface area contributed by atoms with Crippen LogP contribution in [0, 0.1) is 0 Å². The molecule has 0 aliphatic heterocycles. The summed E-state index contributed by atoms with van der Waals surface area (Å²) in [6, 6.07) is -3.61. The van der Waals surface area contributed by atoms with Gasteiger partial charge < -0.3 is 49.0 Å². The number of carbonyl (C=O) groups is 5. The van der Waals surface area contributed by atoms with E-state index in [9.17, 15) is 24.0 Å². The van der Waals surface area contributed by atoms with Gasteiger partial charge in [-0.25, -0.2) is 9.78 Å². The van der Waals surface area contributed by atoms with Crippen molar-refractivity contribution in [3.05, 3.63) is 18.2 Å². The molecule has 34 heavy (non-hydrogen) atoms. The van der Waals surface area contributed by atoms with Crippen molar-refractivity contribution in [2.24, 2.45) is 27.9 Å². The van der Waals surface area contributed by atoms with Gasteiger partial charge in [0.1, 0.15) is 12.1 Å². The van der Waals surface area contributed by atoms with Crippen LogP contribution in [0.1, 0.15) is 25.0 Å². The van der Waals surface area contributed by atoms with Gasteiger partial charge >= 0.3 is 5.97 Å². The van der Waals surface area contributed by atoms with Gasteiger partial charge in [-0.15, -0.1) is 0 Å². The van der Waals surface area contributed by atoms with E-state index in [0.717, 1.165) is 0 Å². The smallest absolute Gasteiger partial charge is 0.326 e. The third-order valence-electron chi connectivity index (χ3n) is 4.37. The fourth-order valence-corrected chi connectivity index (χ4v) is 2.71. The number of aromatic amines is 1. The van der Waals surface area contributed by atoms with Gasteiger partial charge in [0.2, 0.25) is 23.6 Å². The minimum absolute atomic E-state index is 0.117. The molecule has 16 heteroatoms. The molecule has 4 amide bonds. The molecule has 1 aromatic heterocycles. The molecule has 0 aliphatic carbocycles. The van der Waals surface area contributed by atoms with Crippen molar-refractivity contribution in [3.8, 4) is 0 Å². The number of nitrogens with two attached hydrogens (primary N) is 4. The predicted molar refractivity (Wildman–Crippen MR) is 118 cm³/mol. The zero-order chi connectivity index (χ0) is 25.7. The molecule has 0 fully saturated rings. The minimum Gasteiger partial charge on any atom is -0.480 e. The number of H-pyrrole nitrogens is 1. The molecule has 0 aromatic carbocycles. The number of amides is 4. The molecule has 1 aromatic rings. The average molecular weight is 483 g/mol. The number of carboxylic acid groups (broad SMARTS) is 1. The number of aliphatic carboxylic acids is 1. The van der Waals surface area contributed by atoms with Gasteiger partial charge in [-0.3, -0.25) is 24.2 Å². The zero-order valence-electron chi connectivity index (χ0n) is 18.3. The van der Waals surface area contributed by atoms with Gasteiger partial charge in [0, 0.05) is 24.9 Å². The fourth-order valence-electron chi connectivity index (χ4n) is 2.71. The monoisotopic (exact) mass is 482 g/mol. The number of carbonyl (C=O) groups excluding carboxylic acids is 4. The second kappa shape index (κ2) is 14.0. The maximum absolute atomic E-state index is 12.6. The molecule has 0 radical (unpaired) electrons. The second-order valence-electron chi connectivity index (χ2n) is 7.24. The summed E-state index contributed by atoms with van der Waals surface area (Å²) in [6.45, 7) is -0.419. The number of guanidine groups is 1. The van der Waals surface area contributed by atoms with Gasteiger partial charge in [-0.2, -0.15) is 0 Å². The second-order valence-corrected chi connectivity index (χ2v) is 7.24. The summed E-state index contributed by atoms with van der Waals surface area (Å²) in [5.74, 6) is -4.73. The first-order valence-corrected chi connectivity index (χ1v) is 10.2. The summed E-state index contributed by atoms with van der Waals surface area (Å²) in [5.41, 5.74) is 22.0. The molecule has 0 saturated heterocycles. The number of nitrogens with one attached hydrogen (secondary N) is 4. The van der Waals surface area contributed by atoms with Crippen molar-refractivity contribution in [1.82, 2.24) is 25.9 Å². The van der Waals surface area contributed by atoms with Crippen LogP contribution in [0.25, 0.3) is 0 Å². The van der Waals surface area contributed by atoms with E-state index in [2.05, 4.69) is 30.9 Å². The largest absolute Gasteiger partial charge is 0.480 e. The minimum atomic E-state index is -1.54. The van der Waals surface area contributed by atoms with Crippen LogP contribution >= 0.6 is 0 Å². The van der Waals surface area contributed by atoms with Crippen molar-refractivity contribution in [3.63, 3.8) is 0 Å². The number of imidazole rings is 1. The van der Waals surface area contributed by atoms with E-state index in [-0.39, 0.29) is 25.3 Å². The van der Waals surface area contributed by atoms with Gasteiger partial charge in [0.25, 0.3) is 0 Å². The molecule has 1 heterocycles. The van der Waals surface area contributed by atoms with Crippen LogP contribution < -0.4 is 38.9 Å². The number of aromatic nitrogens is 2. The van der Waals surface area contributed by atoms with Crippen LogP contribution in [0.2, 0.25) is 0 Å². The molecule has 1 rings (SSSR count). The lowest BCUT2D eigenvalue weighted by Crippen LogP contribution is -2.54. The maximum atomic E-state index is 12.6. The number of carboxylic acids is 1. The van der Waals surface area contributed by atoms with E-state index in [4.69, 9.17) is 28.0 Å². The Morgan fingerprint density at radius 3 is 2.35 bits per heavy atom. The third kappa shape index (κ3) is 10.9. The molecule has 0 saturated carbocycles. The number of rotatable bonds is 15. The molecule has 3 unspecified atom stereocenters. The van der Waals surface area contributed by atoms with Crippen molar-refractivity contribution in [2.75, 3.05) is 13.1 Å². The molecule has 13 N–H and O–H groups in total. The van der Waals surface area contributed by atoms with Crippen molar-refractivity contribution < 1.29 is 29.1 Å². The Kier molecular flexibility index (Phi) is 11.5. The zero-order valence-corrected chi connectivity index (χ0v) is 18.3. The van der Waals surface area contributed by atoms with Crippen molar-refractivity contribution >= 4 is 35.6 Å². The molecule has 16 nitrogen and oxygen atoms in total. The Bertz CT molecular complexity index is 884. The Balaban J connectivity index is 2.71. The van der Waals surface area contributed by atoms with Crippen LogP contribution in [0.15, 0.2) is 17.5 Å². The lowest BCUT2D eigenvalue weighted by atomic mass is 10.1. The van der Waals surface area contributed by atoms with Gasteiger partial charge in [-0.1, -0.05) is 0 Å². The topological polar surface area (TPSA) is 287 Å². The summed E-state index contributed by atoms with van der Waals surface area (Å²) < 4.78 is 0. The summed E-state index contributed by atoms with van der Waals surface area (Å²) in [6.07, 6.45) is 2.90. The number of hydrogen-bond donors (Lipinski definition) is 9. The highest BCUT2D eigenvalue weighted by atomic mass is 16.4. The summed E-state index contributed by atoms with van der Waals surface area (Å²) in [4.78, 5) is 69.6. The number of nitrogens with zero attached hydrogens (tertiary/aromatic N) is 2. The molecule has 3 atom stereocenters. The highest BCUT2D eigenvalue weighted by Gasteiger charge is 2.26. The van der Waals surface area contributed by atoms with Gasteiger partial charge in [0.15, 0.2) is 5.96 Å². The Hall–Kier alpha value is -4.21. The predicted octanol–water partition coefficient (Wildman–Crippen LogP) is -4.62. The first kappa shape index (κ1) is 27.8. The lowest BCUT2D eigenvalue weighted by molar-refractivity contribution is -0.143. The highest BCUT2D eigenvalue weighted by Crippen LogP contribution is 2.02. The molecule has 0 aliphatic rings. The molecule has 0 spiro atoms. The first-order chi connectivity index (χ1) is 16.0. The van der Waals surface area contributed by atoms with Crippen LogP contribution in [-0.4, -0.2) is 81.8 Å². The Morgan fingerprint density at radius 2 is 1.79 bits per heavy atom. The van der Waals surface area contributed by atoms with E-state index in [1.807, 2.05) is 0 Å². The summed E-state index contributed by atoms with van der Waals surface area (Å²) in [5, 5.41) is 15.9. The van der Waals surface area contributed by atoms with E-state index in [1.165, 1.54) is 12.5 Å². The third-order valence-corrected chi connectivity index (χ3v) is 4.37. The maximum Gasteiger partial charge on any atom is 0.326 e. The van der Waals surface area contributed by atoms with E-state index in [0.29, 0.717) is 12.1 Å². The van der Waals surface area contributed by atoms with E-state index >= 15 is 0 Å². The quantitative estimate of drug-likeness (QED) is 0.0654.